The Kier molecular flexibility index (Phi) is 44.4. The van der Waals surface area contributed by atoms with Crippen LogP contribution in [0.4, 0.5) is 0 Å². The number of carboxylic acids is 1. The van der Waals surface area contributed by atoms with Gasteiger partial charge in [0.2, 0.25) is 0 Å². The second kappa shape index (κ2) is 46.6. The number of ether oxygens (including phenoxy) is 3. The van der Waals surface area contributed by atoms with Crippen LogP contribution in [0.2, 0.25) is 0 Å². The van der Waals surface area contributed by atoms with Crippen LogP contribution < -0.4 is 0 Å². The zero-order chi connectivity index (χ0) is 47.0. The van der Waals surface area contributed by atoms with Crippen LogP contribution in [-0.2, 0) is 28.6 Å². The van der Waals surface area contributed by atoms with Gasteiger partial charge in [-0.3, -0.25) is 9.59 Å². The molecule has 0 aromatic rings. The summed E-state index contributed by atoms with van der Waals surface area (Å²) in [7, 11) is 5.52. The van der Waals surface area contributed by atoms with E-state index >= 15 is 0 Å². The number of nitrogens with zero attached hydrogens (tertiary/aromatic N) is 1. The van der Waals surface area contributed by atoms with E-state index in [2.05, 4.69) is 74.6 Å². The normalized spacial score (nSPS) is 13.3. The number of unbranched alkanes of at least 4 members (excludes halogenated alkanes) is 23. The molecule has 0 heterocycles. The standard InChI is InChI=1S/C56H99NO7/c1-6-8-10-12-14-16-18-20-22-24-25-26-27-28-29-31-33-35-37-39-41-43-45-47-55(59)64-52(50-62-49-48-53(56(60)61)57(3,4)5)51-63-54(58)46-44-42-40-38-36-34-32-30-23-21-19-17-15-13-11-9-7-2/h15,17,21,23,28-29,32,34,38,40,52-53H,6-14,16,18-20,22,24-27,30-31,33,35-37,39,41-51H2,1-5H3/p+1/b17-15+,23-21+,29-28+,34-32+,40-38+. The topological polar surface area (TPSA) is 99.1 Å². The third-order valence-electron chi connectivity index (χ3n) is 11.6. The van der Waals surface area contributed by atoms with Crippen LogP contribution in [0.3, 0.4) is 0 Å². The average Bonchev–Trinajstić information content (AvgIpc) is 3.26. The highest BCUT2D eigenvalue weighted by Crippen LogP contribution is 2.15. The Morgan fingerprint density at radius 1 is 0.469 bits per heavy atom. The lowest BCUT2D eigenvalue weighted by atomic mass is 10.0. The van der Waals surface area contributed by atoms with Gasteiger partial charge in [-0.05, 0) is 77.0 Å². The van der Waals surface area contributed by atoms with E-state index < -0.39 is 18.1 Å². The molecule has 2 atom stereocenters. The summed E-state index contributed by atoms with van der Waals surface area (Å²) in [5.74, 6) is -1.54. The minimum Gasteiger partial charge on any atom is -0.477 e. The molecule has 64 heavy (non-hydrogen) atoms. The van der Waals surface area contributed by atoms with Crippen molar-refractivity contribution in [2.45, 2.75) is 238 Å². The lowest BCUT2D eigenvalue weighted by Gasteiger charge is -2.31. The van der Waals surface area contributed by atoms with Gasteiger partial charge in [0.15, 0.2) is 12.1 Å². The molecule has 1 N–H and O–H groups in total. The molecule has 370 valence electrons. The van der Waals surface area contributed by atoms with Crippen LogP contribution in [-0.4, -0.2) is 80.6 Å². The number of quaternary nitrogens is 1. The largest absolute Gasteiger partial charge is 0.477 e. The van der Waals surface area contributed by atoms with Crippen molar-refractivity contribution in [1.82, 2.24) is 0 Å². The maximum atomic E-state index is 12.8. The maximum Gasteiger partial charge on any atom is 0.362 e. The number of aliphatic carboxylic acids is 1. The highest BCUT2D eigenvalue weighted by molar-refractivity contribution is 5.72. The van der Waals surface area contributed by atoms with Gasteiger partial charge in [-0.25, -0.2) is 4.79 Å². The third kappa shape index (κ3) is 44.2. The van der Waals surface area contributed by atoms with Gasteiger partial charge in [0.05, 0.1) is 34.4 Å². The number of likely N-dealkylation sites (N-methyl/N-ethyl adjacent to an activating group) is 1. The van der Waals surface area contributed by atoms with Crippen LogP contribution in [0.25, 0.3) is 0 Å². The smallest absolute Gasteiger partial charge is 0.362 e. The van der Waals surface area contributed by atoms with Crippen molar-refractivity contribution < 1.29 is 38.2 Å². The average molecular weight is 899 g/mol. The molecule has 0 spiro atoms. The number of hydrogen-bond acceptors (Lipinski definition) is 6. The summed E-state index contributed by atoms with van der Waals surface area (Å²) in [5, 5.41) is 9.65. The fraction of sp³-hybridized carbons (Fsp3) is 0.768. The molecule has 0 saturated carbocycles. The maximum absolute atomic E-state index is 12.8. The zero-order valence-corrected chi connectivity index (χ0v) is 42.2. The first-order valence-electron chi connectivity index (χ1n) is 26.3. The molecule has 0 rings (SSSR count). The van der Waals surface area contributed by atoms with E-state index in [0.29, 0.717) is 19.3 Å². The Hall–Kier alpha value is -2.97. The Labute approximate surface area is 394 Å². The van der Waals surface area contributed by atoms with Crippen molar-refractivity contribution in [3.05, 3.63) is 60.8 Å². The molecule has 0 saturated heterocycles. The van der Waals surface area contributed by atoms with Gasteiger partial charge in [0, 0.05) is 19.3 Å². The summed E-state index contributed by atoms with van der Waals surface area (Å²) in [6.45, 7) is 4.67. The highest BCUT2D eigenvalue weighted by Gasteiger charge is 2.31. The fourth-order valence-electron chi connectivity index (χ4n) is 7.55. The second-order valence-electron chi connectivity index (χ2n) is 18.8. The van der Waals surface area contributed by atoms with Crippen molar-refractivity contribution >= 4 is 17.9 Å². The van der Waals surface area contributed by atoms with E-state index in [4.69, 9.17) is 14.2 Å². The van der Waals surface area contributed by atoms with E-state index in [1.807, 2.05) is 21.1 Å². The molecule has 0 radical (unpaired) electrons. The SMILES string of the molecule is CCCCC/C=C/C/C=C/C/C=C/C/C=C/CCCC(=O)OCC(COCCC(C(=O)O)[N+](C)(C)C)OC(=O)CCCCCCCCC/C=C/CCCCCCCCCCCCCC. The quantitative estimate of drug-likeness (QED) is 0.0281. The summed E-state index contributed by atoms with van der Waals surface area (Å²) in [5.41, 5.74) is 0. The third-order valence-corrected chi connectivity index (χ3v) is 11.6. The van der Waals surface area contributed by atoms with Gasteiger partial charge in [-0.1, -0.05) is 190 Å². The molecule has 0 fully saturated rings. The molecule has 8 heteroatoms. The van der Waals surface area contributed by atoms with Gasteiger partial charge in [0.25, 0.3) is 0 Å². The number of rotatable bonds is 47. The van der Waals surface area contributed by atoms with Crippen molar-refractivity contribution in [3.8, 4) is 0 Å². The molecule has 0 aromatic heterocycles. The summed E-state index contributed by atoms with van der Waals surface area (Å²) in [4.78, 5) is 37.1. The number of carbonyl (C=O) groups excluding carboxylic acids is 2. The molecule has 0 bridgehead atoms. The first-order chi connectivity index (χ1) is 31.1. The lowest BCUT2D eigenvalue weighted by molar-refractivity contribution is -0.887. The summed E-state index contributed by atoms with van der Waals surface area (Å²) in [6, 6.07) is -0.626. The van der Waals surface area contributed by atoms with Gasteiger partial charge in [-0.2, -0.15) is 0 Å². The monoisotopic (exact) mass is 899 g/mol. The second-order valence-corrected chi connectivity index (χ2v) is 18.8. The van der Waals surface area contributed by atoms with Crippen LogP contribution in [0.1, 0.15) is 226 Å². The Morgan fingerprint density at radius 3 is 1.31 bits per heavy atom. The minimum atomic E-state index is -0.883. The molecular formula is C56H100NO7+. The number of carboxylic acid groups (broad SMARTS) is 1. The lowest BCUT2D eigenvalue weighted by Crippen LogP contribution is -2.50. The Bertz CT molecular complexity index is 1230. The van der Waals surface area contributed by atoms with Crippen molar-refractivity contribution in [3.63, 3.8) is 0 Å². The van der Waals surface area contributed by atoms with E-state index in [1.165, 1.54) is 141 Å². The van der Waals surface area contributed by atoms with Gasteiger partial charge in [0.1, 0.15) is 6.61 Å². The van der Waals surface area contributed by atoms with Crippen LogP contribution in [0, 0.1) is 0 Å². The van der Waals surface area contributed by atoms with Gasteiger partial charge >= 0.3 is 17.9 Å². The van der Waals surface area contributed by atoms with Crippen molar-refractivity contribution in [1.29, 1.82) is 0 Å². The van der Waals surface area contributed by atoms with Crippen LogP contribution in [0.15, 0.2) is 60.8 Å². The fourth-order valence-corrected chi connectivity index (χ4v) is 7.55. The van der Waals surface area contributed by atoms with E-state index in [-0.39, 0.29) is 42.7 Å². The summed E-state index contributed by atoms with van der Waals surface area (Å²) in [6.07, 6.45) is 58.6. The molecule has 8 nitrogen and oxygen atoms in total. The van der Waals surface area contributed by atoms with Crippen molar-refractivity contribution in [2.24, 2.45) is 0 Å². The zero-order valence-electron chi connectivity index (χ0n) is 42.2. The predicted molar refractivity (Wildman–Crippen MR) is 271 cm³/mol. The molecule has 2 unspecified atom stereocenters. The number of carbonyl (C=O) groups is 3. The molecule has 0 amide bonds. The molecule has 0 aliphatic heterocycles. The van der Waals surface area contributed by atoms with E-state index in [0.717, 1.165) is 44.9 Å². The Morgan fingerprint density at radius 2 is 0.844 bits per heavy atom. The minimum absolute atomic E-state index is 0.0410. The molecular weight excluding hydrogens is 799 g/mol. The first kappa shape index (κ1) is 61.0. The van der Waals surface area contributed by atoms with Crippen molar-refractivity contribution in [2.75, 3.05) is 41.0 Å². The summed E-state index contributed by atoms with van der Waals surface area (Å²) < 4.78 is 17.3. The van der Waals surface area contributed by atoms with Gasteiger partial charge < -0.3 is 23.8 Å². The van der Waals surface area contributed by atoms with Crippen LogP contribution in [0.5, 0.6) is 0 Å². The molecule has 0 aliphatic carbocycles. The predicted octanol–water partition coefficient (Wildman–Crippen LogP) is 15.3. The molecule has 0 aliphatic rings. The number of allylic oxidation sites excluding steroid dienone is 10. The van der Waals surface area contributed by atoms with Crippen LogP contribution >= 0.6 is 0 Å². The van der Waals surface area contributed by atoms with E-state index in [1.54, 1.807) is 0 Å². The number of esters is 2. The van der Waals surface area contributed by atoms with Gasteiger partial charge in [-0.15, -0.1) is 0 Å². The Balaban J connectivity index is 4.29. The highest BCUT2D eigenvalue weighted by atomic mass is 16.6. The van der Waals surface area contributed by atoms with E-state index in [9.17, 15) is 19.5 Å². The number of hydrogen-bond donors (Lipinski definition) is 1. The summed E-state index contributed by atoms with van der Waals surface area (Å²) >= 11 is 0. The first-order valence-corrected chi connectivity index (χ1v) is 26.3. The molecule has 0 aromatic carbocycles.